The van der Waals surface area contributed by atoms with Crippen LogP contribution in [0.4, 0.5) is 20.2 Å². The fourth-order valence-electron chi connectivity index (χ4n) is 1.60. The van der Waals surface area contributed by atoms with Crippen LogP contribution in [0, 0.1) is 21.7 Å². The summed E-state index contributed by atoms with van der Waals surface area (Å²) in [6.07, 6.45) is 3.95. The third-order valence-electron chi connectivity index (χ3n) is 2.57. The Hall–Kier alpha value is -1.72. The predicted octanol–water partition coefficient (Wildman–Crippen LogP) is 3.87. The van der Waals surface area contributed by atoms with Crippen LogP contribution in [0.15, 0.2) is 12.1 Å². The molecule has 0 saturated carbocycles. The van der Waals surface area contributed by atoms with Crippen molar-refractivity contribution in [1.29, 1.82) is 0 Å². The van der Waals surface area contributed by atoms with Crippen LogP contribution in [0.5, 0.6) is 0 Å². The lowest BCUT2D eigenvalue weighted by atomic mass is 10.2. The van der Waals surface area contributed by atoms with E-state index in [0.717, 1.165) is 37.8 Å². The van der Waals surface area contributed by atoms with Gasteiger partial charge in [0.1, 0.15) is 5.69 Å². The number of hydrogen-bond donors (Lipinski definition) is 1. The molecular formula is C12H16F2N2O2. The van der Waals surface area contributed by atoms with Gasteiger partial charge >= 0.3 is 0 Å². The lowest BCUT2D eigenvalue weighted by Gasteiger charge is -2.08. The van der Waals surface area contributed by atoms with Crippen LogP contribution in [0.2, 0.25) is 0 Å². The van der Waals surface area contributed by atoms with Crippen LogP contribution < -0.4 is 5.32 Å². The zero-order chi connectivity index (χ0) is 13.5. The van der Waals surface area contributed by atoms with Crippen molar-refractivity contribution in [2.24, 2.45) is 0 Å². The molecule has 0 spiro atoms. The number of unbranched alkanes of at least 4 members (excludes halogenated alkanes) is 3. The Morgan fingerprint density at radius 3 is 2.33 bits per heavy atom. The lowest BCUT2D eigenvalue weighted by Crippen LogP contribution is -2.06. The molecule has 0 unspecified atom stereocenters. The summed E-state index contributed by atoms with van der Waals surface area (Å²) in [4.78, 5) is 9.58. The molecule has 1 N–H and O–H groups in total. The number of halogens is 2. The van der Waals surface area contributed by atoms with E-state index >= 15 is 0 Å². The molecule has 0 radical (unpaired) electrons. The van der Waals surface area contributed by atoms with Gasteiger partial charge in [0.15, 0.2) is 11.6 Å². The predicted molar refractivity (Wildman–Crippen MR) is 65.6 cm³/mol. The Balaban J connectivity index is 2.63. The van der Waals surface area contributed by atoms with Crippen molar-refractivity contribution in [3.05, 3.63) is 33.9 Å². The van der Waals surface area contributed by atoms with Crippen molar-refractivity contribution >= 4 is 11.4 Å². The standard InChI is InChI=1S/C12H16F2N2O2/c1-2-3-4-5-6-15-12-10(13)7-9(16(17)18)8-11(12)14/h7-8,15H,2-6H2,1H3. The van der Waals surface area contributed by atoms with Crippen molar-refractivity contribution < 1.29 is 13.7 Å². The molecule has 0 aliphatic heterocycles. The van der Waals surface area contributed by atoms with Crippen molar-refractivity contribution in [1.82, 2.24) is 0 Å². The van der Waals surface area contributed by atoms with Crippen molar-refractivity contribution in [3.63, 3.8) is 0 Å². The molecule has 4 nitrogen and oxygen atoms in total. The van der Waals surface area contributed by atoms with Gasteiger partial charge in [-0.15, -0.1) is 0 Å². The minimum Gasteiger partial charge on any atom is -0.380 e. The number of hydrogen-bond acceptors (Lipinski definition) is 3. The minimum absolute atomic E-state index is 0.294. The lowest BCUT2D eigenvalue weighted by molar-refractivity contribution is -0.385. The van der Waals surface area contributed by atoms with E-state index in [9.17, 15) is 18.9 Å². The summed E-state index contributed by atoms with van der Waals surface area (Å²) >= 11 is 0. The maximum atomic E-state index is 13.4. The van der Waals surface area contributed by atoms with Gasteiger partial charge in [-0.25, -0.2) is 8.78 Å². The van der Waals surface area contributed by atoms with Gasteiger partial charge in [0.05, 0.1) is 17.1 Å². The zero-order valence-electron chi connectivity index (χ0n) is 10.2. The molecule has 0 bridgehead atoms. The van der Waals surface area contributed by atoms with Gasteiger partial charge in [-0.2, -0.15) is 0 Å². The van der Waals surface area contributed by atoms with E-state index in [2.05, 4.69) is 12.2 Å². The van der Waals surface area contributed by atoms with E-state index in [4.69, 9.17) is 0 Å². The Labute approximate surface area is 104 Å². The summed E-state index contributed by atoms with van der Waals surface area (Å²) in [7, 11) is 0. The fourth-order valence-corrected chi connectivity index (χ4v) is 1.60. The monoisotopic (exact) mass is 258 g/mol. The van der Waals surface area contributed by atoms with Gasteiger partial charge in [-0.05, 0) is 6.42 Å². The molecule has 0 amide bonds. The molecule has 1 aromatic carbocycles. The van der Waals surface area contributed by atoms with E-state index < -0.39 is 22.2 Å². The maximum absolute atomic E-state index is 13.4. The Morgan fingerprint density at radius 1 is 1.22 bits per heavy atom. The van der Waals surface area contributed by atoms with Crippen LogP contribution in [-0.4, -0.2) is 11.5 Å². The van der Waals surface area contributed by atoms with Crippen LogP contribution in [0.1, 0.15) is 32.6 Å². The molecule has 0 aliphatic carbocycles. The maximum Gasteiger partial charge on any atom is 0.275 e. The molecule has 1 aromatic rings. The normalized spacial score (nSPS) is 10.4. The SMILES string of the molecule is CCCCCCNc1c(F)cc([N+](=O)[O-])cc1F. The van der Waals surface area contributed by atoms with Crippen LogP contribution in [-0.2, 0) is 0 Å². The first-order valence-electron chi connectivity index (χ1n) is 5.93. The van der Waals surface area contributed by atoms with Crippen molar-refractivity contribution in [3.8, 4) is 0 Å². The highest BCUT2D eigenvalue weighted by Gasteiger charge is 2.16. The van der Waals surface area contributed by atoms with Gasteiger partial charge < -0.3 is 5.32 Å². The highest BCUT2D eigenvalue weighted by atomic mass is 19.1. The molecule has 100 valence electrons. The first kappa shape index (κ1) is 14.3. The third-order valence-corrected chi connectivity index (χ3v) is 2.57. The second-order valence-corrected chi connectivity index (χ2v) is 4.03. The van der Waals surface area contributed by atoms with E-state index in [-0.39, 0.29) is 5.69 Å². The molecule has 0 aliphatic rings. The van der Waals surface area contributed by atoms with E-state index in [1.165, 1.54) is 0 Å². The summed E-state index contributed by atoms with van der Waals surface area (Å²) < 4.78 is 26.9. The minimum atomic E-state index is -0.933. The third kappa shape index (κ3) is 3.94. The van der Waals surface area contributed by atoms with Crippen LogP contribution in [0.25, 0.3) is 0 Å². The molecule has 18 heavy (non-hydrogen) atoms. The van der Waals surface area contributed by atoms with Crippen molar-refractivity contribution in [2.45, 2.75) is 32.6 Å². The summed E-state index contributed by atoms with van der Waals surface area (Å²) in [6.45, 7) is 2.52. The molecule has 0 atom stereocenters. The number of anilines is 1. The molecule has 0 heterocycles. The summed E-state index contributed by atoms with van der Waals surface area (Å²) in [6, 6.07) is 1.44. The fraction of sp³-hybridized carbons (Fsp3) is 0.500. The number of benzene rings is 1. The Morgan fingerprint density at radius 2 is 1.83 bits per heavy atom. The van der Waals surface area contributed by atoms with E-state index in [1.807, 2.05) is 0 Å². The number of non-ortho nitro benzene ring substituents is 1. The van der Waals surface area contributed by atoms with E-state index in [0.29, 0.717) is 6.54 Å². The Bertz CT molecular complexity index is 402. The molecule has 1 rings (SSSR count). The van der Waals surface area contributed by atoms with Crippen LogP contribution in [0.3, 0.4) is 0 Å². The average molecular weight is 258 g/mol. The van der Waals surface area contributed by atoms with Crippen LogP contribution >= 0.6 is 0 Å². The van der Waals surface area contributed by atoms with Gasteiger partial charge in [0, 0.05) is 6.54 Å². The highest BCUT2D eigenvalue weighted by molar-refractivity contribution is 5.51. The Kier molecular flexibility index (Phi) is 5.48. The number of nitrogens with one attached hydrogen (secondary N) is 1. The number of rotatable bonds is 7. The highest BCUT2D eigenvalue weighted by Crippen LogP contribution is 2.24. The van der Waals surface area contributed by atoms with Gasteiger partial charge in [0.2, 0.25) is 0 Å². The number of nitro groups is 1. The molecular weight excluding hydrogens is 242 g/mol. The van der Waals surface area contributed by atoms with Crippen molar-refractivity contribution in [2.75, 3.05) is 11.9 Å². The number of nitro benzene ring substituents is 1. The molecule has 0 aromatic heterocycles. The summed E-state index contributed by atoms with van der Waals surface area (Å²) in [5.41, 5.74) is -0.876. The first-order valence-corrected chi connectivity index (χ1v) is 5.93. The quantitative estimate of drug-likeness (QED) is 0.459. The molecule has 0 fully saturated rings. The average Bonchev–Trinajstić information content (AvgIpc) is 2.31. The second-order valence-electron chi connectivity index (χ2n) is 4.03. The molecule has 6 heteroatoms. The van der Waals surface area contributed by atoms with Gasteiger partial charge in [-0.3, -0.25) is 10.1 Å². The largest absolute Gasteiger partial charge is 0.380 e. The molecule has 0 saturated heterocycles. The van der Waals surface area contributed by atoms with E-state index in [1.54, 1.807) is 0 Å². The van der Waals surface area contributed by atoms with Gasteiger partial charge in [-0.1, -0.05) is 26.2 Å². The first-order chi connectivity index (χ1) is 8.56. The second kappa shape index (κ2) is 6.88. The zero-order valence-corrected chi connectivity index (χ0v) is 10.2. The smallest absolute Gasteiger partial charge is 0.275 e. The van der Waals surface area contributed by atoms with Gasteiger partial charge in [0.25, 0.3) is 5.69 Å². The number of nitrogens with zero attached hydrogens (tertiary/aromatic N) is 1. The topological polar surface area (TPSA) is 55.2 Å². The summed E-state index contributed by atoms with van der Waals surface area (Å²) in [5.74, 6) is -1.87. The summed E-state index contributed by atoms with van der Waals surface area (Å²) in [5, 5.41) is 13.0.